The van der Waals surface area contributed by atoms with Gasteiger partial charge in [-0.1, -0.05) is 45.8 Å². The van der Waals surface area contributed by atoms with Crippen molar-refractivity contribution in [3.05, 3.63) is 63.6 Å². The number of benzene rings is 2. The minimum absolute atomic E-state index is 0.0853. The number of carbonyl (C=O) groups is 1. The molecule has 2 aromatic carbocycles. The van der Waals surface area contributed by atoms with E-state index in [0.717, 1.165) is 15.8 Å². The van der Waals surface area contributed by atoms with Gasteiger partial charge in [0, 0.05) is 20.7 Å². The molecule has 0 amide bonds. The summed E-state index contributed by atoms with van der Waals surface area (Å²) in [6, 6.07) is 14.4. The van der Waals surface area contributed by atoms with Crippen LogP contribution < -0.4 is 0 Å². The Hall–Kier alpha value is -1.06. The molecule has 0 radical (unpaired) electrons. The number of carbonyl (C=O) groups excluding carboxylic acids is 1. The van der Waals surface area contributed by atoms with Crippen molar-refractivity contribution in [3.8, 4) is 0 Å². The molecule has 0 saturated heterocycles. The van der Waals surface area contributed by atoms with Gasteiger partial charge >= 0.3 is 0 Å². The smallest absolute Gasteiger partial charge is 0.160 e. The summed E-state index contributed by atoms with van der Waals surface area (Å²) in [6.45, 7) is 3.69. The Morgan fingerprint density at radius 3 is 2.63 bits per heavy atom. The number of Topliss-reactive ketones (excluding diaryl/α,β-unsaturated/α-hetero) is 1. The van der Waals surface area contributed by atoms with Gasteiger partial charge in [0.05, 0.1) is 0 Å². The zero-order chi connectivity index (χ0) is 13.8. The van der Waals surface area contributed by atoms with Gasteiger partial charge in [-0.25, -0.2) is 0 Å². The lowest BCUT2D eigenvalue weighted by Crippen LogP contribution is -1.93. The average Bonchev–Trinajstić information content (AvgIpc) is 2.36. The normalized spacial score (nSPS) is 10.5. The SMILES string of the molecule is CC(=O)c1ccc(SCc2cccc(C)c2)cc1Br. The summed E-state index contributed by atoms with van der Waals surface area (Å²) in [4.78, 5) is 12.5. The average molecular weight is 335 g/mol. The van der Waals surface area contributed by atoms with Gasteiger partial charge in [0.2, 0.25) is 0 Å². The van der Waals surface area contributed by atoms with Gasteiger partial charge in [0.1, 0.15) is 0 Å². The molecule has 2 rings (SSSR count). The van der Waals surface area contributed by atoms with Crippen LogP contribution in [0.25, 0.3) is 0 Å². The van der Waals surface area contributed by atoms with Crippen molar-refractivity contribution in [3.63, 3.8) is 0 Å². The predicted molar refractivity (Wildman–Crippen MR) is 84.9 cm³/mol. The zero-order valence-electron chi connectivity index (χ0n) is 10.9. The van der Waals surface area contributed by atoms with E-state index in [1.165, 1.54) is 16.0 Å². The number of thioether (sulfide) groups is 1. The maximum atomic E-state index is 11.4. The summed E-state index contributed by atoms with van der Waals surface area (Å²) in [7, 11) is 0. The Morgan fingerprint density at radius 1 is 1.21 bits per heavy atom. The maximum Gasteiger partial charge on any atom is 0.160 e. The minimum atomic E-state index is 0.0853. The van der Waals surface area contributed by atoms with Gasteiger partial charge in [0.25, 0.3) is 0 Å². The molecular formula is C16H15BrOS. The first-order chi connectivity index (χ1) is 9.06. The van der Waals surface area contributed by atoms with E-state index in [2.05, 4.69) is 47.1 Å². The largest absolute Gasteiger partial charge is 0.294 e. The lowest BCUT2D eigenvalue weighted by molar-refractivity contribution is 0.101. The van der Waals surface area contributed by atoms with Crippen LogP contribution >= 0.6 is 27.7 Å². The number of halogens is 1. The van der Waals surface area contributed by atoms with Crippen molar-refractivity contribution in [1.82, 2.24) is 0 Å². The number of rotatable bonds is 4. The van der Waals surface area contributed by atoms with Crippen molar-refractivity contribution < 1.29 is 4.79 Å². The first kappa shape index (κ1) is 14.4. The van der Waals surface area contributed by atoms with Gasteiger partial charge < -0.3 is 0 Å². The molecule has 0 spiro atoms. The lowest BCUT2D eigenvalue weighted by atomic mass is 10.1. The van der Waals surface area contributed by atoms with E-state index in [1.807, 2.05) is 18.2 Å². The molecule has 0 fully saturated rings. The second-order valence-corrected chi connectivity index (χ2v) is 6.38. The van der Waals surface area contributed by atoms with Crippen molar-refractivity contribution in [2.45, 2.75) is 24.5 Å². The highest BCUT2D eigenvalue weighted by molar-refractivity contribution is 9.10. The van der Waals surface area contributed by atoms with Crippen LogP contribution in [0.4, 0.5) is 0 Å². The van der Waals surface area contributed by atoms with Crippen molar-refractivity contribution in [2.24, 2.45) is 0 Å². The molecule has 0 saturated carbocycles. The molecule has 0 atom stereocenters. The Bertz CT molecular complexity index is 607. The van der Waals surface area contributed by atoms with E-state index in [0.29, 0.717) is 0 Å². The van der Waals surface area contributed by atoms with Crippen molar-refractivity contribution in [1.29, 1.82) is 0 Å². The monoisotopic (exact) mass is 334 g/mol. The van der Waals surface area contributed by atoms with Gasteiger partial charge in [-0.2, -0.15) is 0 Å². The number of aryl methyl sites for hydroxylation is 1. The lowest BCUT2D eigenvalue weighted by Gasteiger charge is -2.06. The van der Waals surface area contributed by atoms with E-state index in [1.54, 1.807) is 18.7 Å². The number of hydrogen-bond acceptors (Lipinski definition) is 2. The van der Waals surface area contributed by atoms with E-state index in [-0.39, 0.29) is 5.78 Å². The fraction of sp³-hybridized carbons (Fsp3) is 0.188. The van der Waals surface area contributed by atoms with Crippen LogP contribution in [-0.2, 0) is 5.75 Å². The van der Waals surface area contributed by atoms with Crippen LogP contribution in [0.5, 0.6) is 0 Å². The van der Waals surface area contributed by atoms with E-state index >= 15 is 0 Å². The molecule has 0 aromatic heterocycles. The molecule has 0 aliphatic rings. The van der Waals surface area contributed by atoms with Crippen molar-refractivity contribution in [2.75, 3.05) is 0 Å². The van der Waals surface area contributed by atoms with Gasteiger partial charge in [-0.15, -0.1) is 11.8 Å². The summed E-state index contributed by atoms with van der Waals surface area (Å²) in [6.07, 6.45) is 0. The fourth-order valence-corrected chi connectivity index (χ4v) is 3.53. The highest BCUT2D eigenvalue weighted by Crippen LogP contribution is 2.28. The third-order valence-corrected chi connectivity index (χ3v) is 4.53. The standard InChI is InChI=1S/C16H15BrOS/c1-11-4-3-5-13(8-11)10-19-14-6-7-15(12(2)18)16(17)9-14/h3-9H,10H2,1-2H3. The molecule has 0 N–H and O–H groups in total. The van der Waals surface area contributed by atoms with Crippen LogP contribution in [0.15, 0.2) is 51.8 Å². The number of ketones is 1. The third kappa shape index (κ3) is 3.95. The summed E-state index contributed by atoms with van der Waals surface area (Å²) in [5, 5.41) is 0. The summed E-state index contributed by atoms with van der Waals surface area (Å²) >= 11 is 5.23. The Balaban J connectivity index is 2.08. The van der Waals surface area contributed by atoms with Gasteiger partial charge in [-0.3, -0.25) is 4.79 Å². The van der Waals surface area contributed by atoms with Crippen LogP contribution in [0.3, 0.4) is 0 Å². The van der Waals surface area contributed by atoms with Crippen LogP contribution in [0.2, 0.25) is 0 Å². The molecule has 0 aliphatic carbocycles. The van der Waals surface area contributed by atoms with Crippen LogP contribution in [0.1, 0.15) is 28.4 Å². The summed E-state index contributed by atoms with van der Waals surface area (Å²) in [5.74, 6) is 1.02. The van der Waals surface area contributed by atoms with E-state index in [4.69, 9.17) is 0 Å². The maximum absolute atomic E-state index is 11.4. The molecule has 0 bridgehead atoms. The summed E-state index contributed by atoms with van der Waals surface area (Å²) in [5.41, 5.74) is 3.34. The molecule has 1 nitrogen and oxygen atoms in total. The molecule has 3 heteroatoms. The first-order valence-electron chi connectivity index (χ1n) is 6.05. The highest BCUT2D eigenvalue weighted by Gasteiger charge is 2.06. The van der Waals surface area contributed by atoms with E-state index in [9.17, 15) is 4.79 Å². The second kappa shape index (κ2) is 6.40. The molecule has 0 heterocycles. The Kier molecular flexibility index (Phi) is 4.83. The first-order valence-corrected chi connectivity index (χ1v) is 7.83. The van der Waals surface area contributed by atoms with Gasteiger partial charge in [0.15, 0.2) is 5.78 Å². The number of hydrogen-bond donors (Lipinski definition) is 0. The zero-order valence-corrected chi connectivity index (χ0v) is 13.3. The Morgan fingerprint density at radius 2 is 2.00 bits per heavy atom. The highest BCUT2D eigenvalue weighted by atomic mass is 79.9. The topological polar surface area (TPSA) is 17.1 Å². The molecular weight excluding hydrogens is 320 g/mol. The third-order valence-electron chi connectivity index (χ3n) is 2.81. The molecule has 2 aromatic rings. The fourth-order valence-electron chi connectivity index (χ4n) is 1.84. The molecule has 0 unspecified atom stereocenters. The van der Waals surface area contributed by atoms with Gasteiger partial charge in [-0.05, 0) is 37.6 Å². The van der Waals surface area contributed by atoms with Crippen LogP contribution in [0, 0.1) is 6.92 Å². The predicted octanol–water partition coefficient (Wildman–Crippen LogP) is 5.25. The second-order valence-electron chi connectivity index (χ2n) is 4.48. The molecule has 19 heavy (non-hydrogen) atoms. The van der Waals surface area contributed by atoms with Crippen LogP contribution in [-0.4, -0.2) is 5.78 Å². The molecule has 98 valence electrons. The van der Waals surface area contributed by atoms with Crippen molar-refractivity contribution >= 4 is 33.5 Å². The summed E-state index contributed by atoms with van der Waals surface area (Å²) < 4.78 is 0.870. The quantitative estimate of drug-likeness (QED) is 0.560. The Labute approximate surface area is 126 Å². The molecule has 0 aliphatic heterocycles. The van der Waals surface area contributed by atoms with E-state index < -0.39 is 0 Å². The minimum Gasteiger partial charge on any atom is -0.294 e.